The lowest BCUT2D eigenvalue weighted by Crippen LogP contribution is -2.47. The number of nitrogens with two attached hydrogens (primary N) is 1. The van der Waals surface area contributed by atoms with Crippen LogP contribution in [0.1, 0.15) is 40.0 Å². The van der Waals surface area contributed by atoms with Crippen LogP contribution in [0, 0.1) is 5.92 Å². The van der Waals surface area contributed by atoms with Crippen molar-refractivity contribution in [2.75, 3.05) is 6.61 Å². The number of carbonyl (C=O) groups excluding carboxylic acids is 1. The molecule has 1 unspecified atom stereocenters. The highest BCUT2D eigenvalue weighted by Crippen LogP contribution is 2.04. The molecule has 0 aromatic rings. The van der Waals surface area contributed by atoms with Crippen LogP contribution >= 0.6 is 0 Å². The number of amides is 1. The monoisotopic (exact) mass is 216 g/mol. The van der Waals surface area contributed by atoms with Gasteiger partial charge in [-0.2, -0.15) is 0 Å². The van der Waals surface area contributed by atoms with Crippen molar-refractivity contribution < 1.29 is 9.90 Å². The Morgan fingerprint density at radius 1 is 1.47 bits per heavy atom. The SMILES string of the molecule is CCC[C@H](N)C(=O)NC(CO)CC(C)C. The summed E-state index contributed by atoms with van der Waals surface area (Å²) in [5, 5.41) is 11.8. The van der Waals surface area contributed by atoms with E-state index in [1.54, 1.807) is 0 Å². The normalized spacial score (nSPS) is 15.1. The van der Waals surface area contributed by atoms with E-state index in [-0.39, 0.29) is 18.6 Å². The summed E-state index contributed by atoms with van der Waals surface area (Å²) in [6.45, 7) is 6.08. The maximum atomic E-state index is 11.5. The van der Waals surface area contributed by atoms with E-state index in [2.05, 4.69) is 19.2 Å². The number of carbonyl (C=O) groups is 1. The van der Waals surface area contributed by atoms with Crippen LogP contribution in [0.3, 0.4) is 0 Å². The predicted octanol–water partition coefficient (Wildman–Crippen LogP) is 0.637. The molecule has 0 fully saturated rings. The average molecular weight is 216 g/mol. The van der Waals surface area contributed by atoms with Crippen LogP contribution in [0.15, 0.2) is 0 Å². The van der Waals surface area contributed by atoms with Gasteiger partial charge in [0, 0.05) is 0 Å². The minimum Gasteiger partial charge on any atom is -0.394 e. The Bertz CT molecular complexity index is 183. The van der Waals surface area contributed by atoms with Crippen LogP contribution in [0.25, 0.3) is 0 Å². The molecule has 90 valence electrons. The largest absolute Gasteiger partial charge is 0.394 e. The van der Waals surface area contributed by atoms with E-state index in [1.165, 1.54) is 0 Å². The molecule has 0 spiro atoms. The molecule has 15 heavy (non-hydrogen) atoms. The fraction of sp³-hybridized carbons (Fsp3) is 0.909. The van der Waals surface area contributed by atoms with Crippen molar-refractivity contribution in [3.05, 3.63) is 0 Å². The second-order valence-corrected chi connectivity index (χ2v) is 4.41. The number of hydrogen-bond donors (Lipinski definition) is 3. The van der Waals surface area contributed by atoms with Crippen molar-refractivity contribution >= 4 is 5.91 Å². The smallest absolute Gasteiger partial charge is 0.237 e. The number of aliphatic hydroxyl groups excluding tert-OH is 1. The van der Waals surface area contributed by atoms with Gasteiger partial charge in [-0.15, -0.1) is 0 Å². The van der Waals surface area contributed by atoms with Gasteiger partial charge in [0.1, 0.15) is 0 Å². The van der Waals surface area contributed by atoms with E-state index in [1.807, 2.05) is 6.92 Å². The molecular formula is C11H24N2O2. The Morgan fingerprint density at radius 3 is 2.47 bits per heavy atom. The second-order valence-electron chi connectivity index (χ2n) is 4.41. The maximum Gasteiger partial charge on any atom is 0.237 e. The molecule has 0 aromatic carbocycles. The Hall–Kier alpha value is -0.610. The molecule has 0 saturated carbocycles. The Morgan fingerprint density at radius 2 is 2.07 bits per heavy atom. The van der Waals surface area contributed by atoms with Crippen LogP contribution in [0.4, 0.5) is 0 Å². The number of nitrogens with one attached hydrogen (secondary N) is 1. The summed E-state index contributed by atoms with van der Waals surface area (Å²) in [5.74, 6) is 0.293. The Kier molecular flexibility index (Phi) is 7.34. The van der Waals surface area contributed by atoms with E-state index < -0.39 is 6.04 Å². The van der Waals surface area contributed by atoms with Crippen molar-refractivity contribution in [2.45, 2.75) is 52.1 Å². The molecule has 0 aromatic heterocycles. The Labute approximate surface area is 92.2 Å². The number of hydrogen-bond acceptors (Lipinski definition) is 3. The minimum atomic E-state index is -0.448. The molecular weight excluding hydrogens is 192 g/mol. The van der Waals surface area contributed by atoms with Gasteiger partial charge < -0.3 is 16.2 Å². The second kappa shape index (κ2) is 7.65. The standard InChI is InChI=1S/C11H24N2O2/c1-4-5-10(12)11(15)13-9(7-14)6-8(2)3/h8-10,14H,4-7,12H2,1-3H3,(H,13,15)/t9?,10-/m0/s1. The predicted molar refractivity (Wildman–Crippen MR) is 61.4 cm³/mol. The lowest BCUT2D eigenvalue weighted by atomic mass is 10.0. The first-order chi connectivity index (χ1) is 7.01. The van der Waals surface area contributed by atoms with Crippen molar-refractivity contribution in [1.29, 1.82) is 0 Å². The average Bonchev–Trinajstić information content (AvgIpc) is 2.16. The first kappa shape index (κ1) is 14.4. The summed E-state index contributed by atoms with van der Waals surface area (Å²) < 4.78 is 0. The van der Waals surface area contributed by atoms with Gasteiger partial charge in [0.25, 0.3) is 0 Å². The molecule has 0 aliphatic rings. The van der Waals surface area contributed by atoms with Gasteiger partial charge in [-0.3, -0.25) is 4.79 Å². The van der Waals surface area contributed by atoms with Crippen LogP contribution < -0.4 is 11.1 Å². The third-order valence-electron chi connectivity index (χ3n) is 2.26. The molecule has 4 heteroatoms. The van der Waals surface area contributed by atoms with Gasteiger partial charge in [-0.1, -0.05) is 27.2 Å². The van der Waals surface area contributed by atoms with Gasteiger partial charge >= 0.3 is 0 Å². The van der Waals surface area contributed by atoms with Crippen LogP contribution in [-0.2, 0) is 4.79 Å². The molecule has 0 aliphatic carbocycles. The third kappa shape index (κ3) is 6.47. The van der Waals surface area contributed by atoms with Gasteiger partial charge in [0.2, 0.25) is 5.91 Å². The third-order valence-corrected chi connectivity index (χ3v) is 2.26. The Balaban J connectivity index is 4.00. The van der Waals surface area contributed by atoms with Crippen LogP contribution in [-0.4, -0.2) is 29.7 Å². The zero-order chi connectivity index (χ0) is 11.8. The molecule has 0 saturated heterocycles. The molecule has 4 nitrogen and oxygen atoms in total. The first-order valence-corrected chi connectivity index (χ1v) is 5.68. The van der Waals surface area contributed by atoms with Crippen LogP contribution in [0.5, 0.6) is 0 Å². The quantitative estimate of drug-likeness (QED) is 0.584. The highest BCUT2D eigenvalue weighted by Gasteiger charge is 2.17. The molecule has 0 rings (SSSR count). The zero-order valence-corrected chi connectivity index (χ0v) is 9.99. The van der Waals surface area contributed by atoms with E-state index >= 15 is 0 Å². The molecule has 4 N–H and O–H groups in total. The summed E-state index contributed by atoms with van der Waals surface area (Å²) in [6, 6.07) is -0.614. The maximum absolute atomic E-state index is 11.5. The van der Waals surface area contributed by atoms with Crippen molar-refractivity contribution in [2.24, 2.45) is 11.7 Å². The fourth-order valence-electron chi connectivity index (χ4n) is 1.50. The highest BCUT2D eigenvalue weighted by atomic mass is 16.3. The first-order valence-electron chi connectivity index (χ1n) is 5.68. The summed E-state index contributed by atoms with van der Waals surface area (Å²) in [7, 11) is 0. The molecule has 1 amide bonds. The van der Waals surface area contributed by atoms with Crippen molar-refractivity contribution in [1.82, 2.24) is 5.32 Å². The summed E-state index contributed by atoms with van der Waals surface area (Å²) in [4.78, 5) is 11.5. The molecule has 0 aliphatic heterocycles. The van der Waals surface area contributed by atoms with E-state index in [4.69, 9.17) is 10.8 Å². The van der Waals surface area contributed by atoms with Crippen molar-refractivity contribution in [3.8, 4) is 0 Å². The van der Waals surface area contributed by atoms with Gasteiger partial charge in [0.05, 0.1) is 18.7 Å². The molecule has 2 atom stereocenters. The summed E-state index contributed by atoms with van der Waals surface area (Å²) in [6.07, 6.45) is 2.36. The number of rotatable bonds is 7. The topological polar surface area (TPSA) is 75.4 Å². The molecule has 0 bridgehead atoms. The zero-order valence-electron chi connectivity index (χ0n) is 9.99. The van der Waals surface area contributed by atoms with E-state index in [0.29, 0.717) is 12.3 Å². The summed E-state index contributed by atoms with van der Waals surface area (Å²) >= 11 is 0. The van der Waals surface area contributed by atoms with Crippen LogP contribution in [0.2, 0.25) is 0 Å². The minimum absolute atomic E-state index is 0.0250. The van der Waals surface area contributed by atoms with Gasteiger partial charge in [-0.25, -0.2) is 0 Å². The van der Waals surface area contributed by atoms with E-state index in [9.17, 15) is 4.79 Å². The number of aliphatic hydroxyl groups is 1. The lowest BCUT2D eigenvalue weighted by Gasteiger charge is -2.20. The summed E-state index contributed by atoms with van der Waals surface area (Å²) in [5.41, 5.74) is 5.67. The fourth-order valence-corrected chi connectivity index (χ4v) is 1.50. The van der Waals surface area contributed by atoms with Crippen molar-refractivity contribution in [3.63, 3.8) is 0 Å². The van der Waals surface area contributed by atoms with Gasteiger partial charge in [-0.05, 0) is 18.8 Å². The lowest BCUT2D eigenvalue weighted by molar-refractivity contribution is -0.123. The van der Waals surface area contributed by atoms with E-state index in [0.717, 1.165) is 12.8 Å². The molecule has 0 radical (unpaired) electrons. The van der Waals surface area contributed by atoms with Gasteiger partial charge in [0.15, 0.2) is 0 Å². The highest BCUT2D eigenvalue weighted by molar-refractivity contribution is 5.81. The molecule has 0 heterocycles.